The van der Waals surface area contributed by atoms with E-state index in [0.29, 0.717) is 17.1 Å². The van der Waals surface area contributed by atoms with Gasteiger partial charge in [0.05, 0.1) is 11.3 Å². The SMILES string of the molecule is Cc1nc2c(OCc3c(F)cccc3F)cccn2c1C(=O)Cl. The zero-order valence-corrected chi connectivity index (χ0v) is 12.8. The maximum Gasteiger partial charge on any atom is 0.271 e. The van der Waals surface area contributed by atoms with Gasteiger partial charge in [-0.1, -0.05) is 6.07 Å². The number of ether oxygens (including phenoxy) is 1. The van der Waals surface area contributed by atoms with E-state index in [0.717, 1.165) is 12.1 Å². The maximum atomic E-state index is 13.6. The third-order valence-electron chi connectivity index (χ3n) is 3.41. The van der Waals surface area contributed by atoms with Crippen molar-refractivity contribution in [3.8, 4) is 5.75 Å². The second kappa shape index (κ2) is 5.96. The number of rotatable bonds is 4. The van der Waals surface area contributed by atoms with Crippen molar-refractivity contribution in [3.05, 3.63) is 65.1 Å². The molecule has 0 atom stereocenters. The van der Waals surface area contributed by atoms with Crippen molar-refractivity contribution in [1.82, 2.24) is 9.38 Å². The third kappa shape index (κ3) is 2.77. The van der Waals surface area contributed by atoms with Gasteiger partial charge in [-0.05, 0) is 42.8 Å². The zero-order chi connectivity index (χ0) is 16.6. The molecular weight excluding hydrogens is 326 g/mol. The number of carbonyl (C=O) groups is 1. The zero-order valence-electron chi connectivity index (χ0n) is 12.0. The third-order valence-corrected chi connectivity index (χ3v) is 3.59. The van der Waals surface area contributed by atoms with Gasteiger partial charge in [-0.3, -0.25) is 9.20 Å². The van der Waals surface area contributed by atoms with Crippen LogP contribution in [0.15, 0.2) is 36.5 Å². The fourth-order valence-electron chi connectivity index (χ4n) is 2.33. The van der Waals surface area contributed by atoms with Crippen molar-refractivity contribution < 1.29 is 18.3 Å². The van der Waals surface area contributed by atoms with Crippen LogP contribution in [0.3, 0.4) is 0 Å². The summed E-state index contributed by atoms with van der Waals surface area (Å²) >= 11 is 5.56. The van der Waals surface area contributed by atoms with Gasteiger partial charge in [0.1, 0.15) is 23.9 Å². The van der Waals surface area contributed by atoms with Crippen molar-refractivity contribution >= 4 is 22.5 Å². The number of aromatic nitrogens is 2. The highest BCUT2D eigenvalue weighted by Crippen LogP contribution is 2.24. The number of imidazole rings is 1. The average molecular weight is 337 g/mol. The Bertz CT molecular complexity index is 888. The summed E-state index contributed by atoms with van der Waals surface area (Å²) in [4.78, 5) is 15.7. The number of carbonyl (C=O) groups excluding carboxylic acids is 1. The summed E-state index contributed by atoms with van der Waals surface area (Å²) in [7, 11) is 0. The quantitative estimate of drug-likeness (QED) is 0.679. The first-order valence-electron chi connectivity index (χ1n) is 6.72. The van der Waals surface area contributed by atoms with Gasteiger partial charge in [0.2, 0.25) is 0 Å². The van der Waals surface area contributed by atoms with E-state index in [2.05, 4.69) is 4.98 Å². The minimum absolute atomic E-state index is 0.175. The molecule has 3 rings (SSSR count). The van der Waals surface area contributed by atoms with E-state index < -0.39 is 16.9 Å². The molecule has 0 spiro atoms. The smallest absolute Gasteiger partial charge is 0.271 e. The van der Waals surface area contributed by atoms with Crippen LogP contribution in [0.1, 0.15) is 21.7 Å². The van der Waals surface area contributed by atoms with Crippen molar-refractivity contribution in [2.24, 2.45) is 0 Å². The van der Waals surface area contributed by atoms with E-state index in [1.54, 1.807) is 25.3 Å². The molecule has 0 saturated heterocycles. The van der Waals surface area contributed by atoms with Gasteiger partial charge in [-0.15, -0.1) is 0 Å². The number of hydrogen-bond donors (Lipinski definition) is 0. The number of halogens is 3. The van der Waals surface area contributed by atoms with Gasteiger partial charge < -0.3 is 4.74 Å². The Hall–Kier alpha value is -2.47. The molecule has 7 heteroatoms. The lowest BCUT2D eigenvalue weighted by Gasteiger charge is -2.09. The minimum atomic E-state index is -0.687. The molecule has 0 amide bonds. The van der Waals surface area contributed by atoms with Gasteiger partial charge in [-0.25, -0.2) is 13.8 Å². The van der Waals surface area contributed by atoms with Gasteiger partial charge >= 0.3 is 0 Å². The monoisotopic (exact) mass is 336 g/mol. The first-order chi connectivity index (χ1) is 11.0. The van der Waals surface area contributed by atoms with Crippen LogP contribution in [0.5, 0.6) is 5.75 Å². The van der Waals surface area contributed by atoms with Gasteiger partial charge in [-0.2, -0.15) is 0 Å². The summed E-state index contributed by atoms with van der Waals surface area (Å²) in [5.41, 5.74) is 0.847. The molecule has 0 saturated carbocycles. The second-order valence-corrected chi connectivity index (χ2v) is 5.22. The van der Waals surface area contributed by atoms with Crippen molar-refractivity contribution in [3.63, 3.8) is 0 Å². The van der Waals surface area contributed by atoms with E-state index in [1.165, 1.54) is 10.5 Å². The Labute approximate surface area is 135 Å². The number of pyridine rings is 1. The highest BCUT2D eigenvalue weighted by atomic mass is 35.5. The number of benzene rings is 1. The molecule has 0 aliphatic rings. The number of fused-ring (bicyclic) bond motifs is 1. The molecule has 2 aromatic heterocycles. The Balaban J connectivity index is 1.98. The molecule has 0 radical (unpaired) electrons. The van der Waals surface area contributed by atoms with E-state index in [1.807, 2.05) is 0 Å². The van der Waals surface area contributed by atoms with Gasteiger partial charge in [0.15, 0.2) is 11.4 Å². The molecule has 4 nitrogen and oxygen atoms in total. The van der Waals surface area contributed by atoms with Crippen LogP contribution in [0.4, 0.5) is 8.78 Å². The Kier molecular flexibility index (Phi) is 4.00. The van der Waals surface area contributed by atoms with Crippen LogP contribution >= 0.6 is 11.6 Å². The maximum absolute atomic E-state index is 13.6. The largest absolute Gasteiger partial charge is 0.485 e. The molecular formula is C16H11ClF2N2O2. The normalized spacial score (nSPS) is 11.0. The average Bonchev–Trinajstić information content (AvgIpc) is 2.83. The molecule has 0 unspecified atom stereocenters. The fourth-order valence-corrected chi connectivity index (χ4v) is 2.55. The lowest BCUT2D eigenvalue weighted by molar-refractivity contribution is 0.107. The lowest BCUT2D eigenvalue weighted by atomic mass is 10.2. The lowest BCUT2D eigenvalue weighted by Crippen LogP contribution is -2.03. The molecule has 23 heavy (non-hydrogen) atoms. The summed E-state index contributed by atoms with van der Waals surface area (Å²) in [5.74, 6) is -1.08. The molecule has 0 bridgehead atoms. The summed E-state index contributed by atoms with van der Waals surface area (Å²) in [6.45, 7) is 1.34. The van der Waals surface area contributed by atoms with Gasteiger partial charge in [0, 0.05) is 6.20 Å². The molecule has 0 aliphatic carbocycles. The molecule has 0 fully saturated rings. The fraction of sp³-hybridized carbons (Fsp3) is 0.125. The van der Waals surface area contributed by atoms with Crippen LogP contribution in [0.2, 0.25) is 0 Å². The van der Waals surface area contributed by atoms with Crippen molar-refractivity contribution in [1.29, 1.82) is 0 Å². The number of hydrogen-bond acceptors (Lipinski definition) is 3. The molecule has 118 valence electrons. The summed E-state index contributed by atoms with van der Waals surface area (Å²) in [6.07, 6.45) is 1.61. The highest BCUT2D eigenvalue weighted by molar-refractivity contribution is 6.67. The second-order valence-electron chi connectivity index (χ2n) is 4.87. The van der Waals surface area contributed by atoms with E-state index in [9.17, 15) is 13.6 Å². The van der Waals surface area contributed by atoms with Crippen LogP contribution in [0, 0.1) is 18.6 Å². The standard InChI is InChI=1S/C16H11ClF2N2O2/c1-9-14(15(17)22)21-7-3-6-13(16(21)20-9)23-8-10-11(18)4-2-5-12(10)19/h2-7H,8H2,1H3. The molecule has 0 aliphatic heterocycles. The molecule has 0 N–H and O–H groups in total. The molecule has 3 aromatic rings. The minimum Gasteiger partial charge on any atom is -0.485 e. The molecule has 1 aromatic carbocycles. The van der Waals surface area contributed by atoms with E-state index >= 15 is 0 Å². The predicted molar refractivity (Wildman–Crippen MR) is 80.8 cm³/mol. The van der Waals surface area contributed by atoms with Crippen LogP contribution in [0.25, 0.3) is 5.65 Å². The molecule has 2 heterocycles. The van der Waals surface area contributed by atoms with Crippen molar-refractivity contribution in [2.45, 2.75) is 13.5 Å². The van der Waals surface area contributed by atoms with E-state index in [-0.39, 0.29) is 17.9 Å². The first-order valence-corrected chi connectivity index (χ1v) is 7.10. The first kappa shape index (κ1) is 15.4. The Morgan fingerprint density at radius 2 is 1.96 bits per heavy atom. The number of nitrogens with zero attached hydrogens (tertiary/aromatic N) is 2. The summed E-state index contributed by atoms with van der Waals surface area (Å²) in [5, 5.41) is -0.646. The number of aryl methyl sites for hydroxylation is 1. The van der Waals surface area contributed by atoms with Crippen LogP contribution < -0.4 is 4.74 Å². The summed E-state index contributed by atoms with van der Waals surface area (Å²) in [6, 6.07) is 6.83. The summed E-state index contributed by atoms with van der Waals surface area (Å²) < 4.78 is 34.3. The Morgan fingerprint density at radius 3 is 2.61 bits per heavy atom. The topological polar surface area (TPSA) is 43.6 Å². The van der Waals surface area contributed by atoms with Crippen molar-refractivity contribution in [2.75, 3.05) is 0 Å². The Morgan fingerprint density at radius 1 is 1.26 bits per heavy atom. The van der Waals surface area contributed by atoms with Crippen LogP contribution in [-0.4, -0.2) is 14.6 Å². The predicted octanol–water partition coefficient (Wildman–Crippen LogP) is 3.88. The van der Waals surface area contributed by atoms with E-state index in [4.69, 9.17) is 16.3 Å². The van der Waals surface area contributed by atoms with Crippen LogP contribution in [-0.2, 0) is 6.61 Å². The highest BCUT2D eigenvalue weighted by Gasteiger charge is 2.17. The van der Waals surface area contributed by atoms with Gasteiger partial charge in [0.25, 0.3) is 5.24 Å².